The lowest BCUT2D eigenvalue weighted by atomic mass is 10.00. The van der Waals surface area contributed by atoms with E-state index in [1.54, 1.807) is 0 Å². The van der Waals surface area contributed by atoms with Crippen LogP contribution in [-0.4, -0.2) is 24.3 Å². The summed E-state index contributed by atoms with van der Waals surface area (Å²) < 4.78 is 0. The van der Waals surface area contributed by atoms with Crippen molar-refractivity contribution in [1.82, 2.24) is 0 Å². The molecule has 1 aromatic rings. The minimum Gasteiger partial charge on any atom is -0.388 e. The summed E-state index contributed by atoms with van der Waals surface area (Å²) in [6, 6.07) is 6.21. The SMILES string of the molecule is Cc1cccc(CN)c1N(C)CC1(O)CCCC1. The van der Waals surface area contributed by atoms with E-state index < -0.39 is 5.60 Å². The van der Waals surface area contributed by atoms with Crippen LogP contribution in [0.25, 0.3) is 0 Å². The van der Waals surface area contributed by atoms with Gasteiger partial charge in [-0.1, -0.05) is 31.0 Å². The van der Waals surface area contributed by atoms with Gasteiger partial charge in [0.2, 0.25) is 0 Å². The molecule has 0 aromatic heterocycles. The lowest BCUT2D eigenvalue weighted by Crippen LogP contribution is -2.39. The first-order valence-corrected chi connectivity index (χ1v) is 6.78. The molecule has 0 bridgehead atoms. The summed E-state index contributed by atoms with van der Waals surface area (Å²) >= 11 is 0. The predicted molar refractivity (Wildman–Crippen MR) is 75.8 cm³/mol. The normalized spacial score (nSPS) is 18.0. The zero-order valence-electron chi connectivity index (χ0n) is 11.4. The smallest absolute Gasteiger partial charge is 0.0821 e. The molecular weight excluding hydrogens is 224 g/mol. The first kappa shape index (κ1) is 13.4. The Balaban J connectivity index is 2.20. The molecule has 1 fully saturated rings. The second-order valence-corrected chi connectivity index (χ2v) is 5.57. The third-order valence-corrected chi connectivity index (χ3v) is 3.99. The van der Waals surface area contributed by atoms with E-state index in [1.165, 1.54) is 11.3 Å². The van der Waals surface area contributed by atoms with E-state index in [1.807, 2.05) is 6.07 Å². The van der Waals surface area contributed by atoms with Gasteiger partial charge in [0.1, 0.15) is 0 Å². The summed E-state index contributed by atoms with van der Waals surface area (Å²) in [5.41, 5.74) is 8.86. The third-order valence-electron chi connectivity index (χ3n) is 3.99. The molecule has 0 radical (unpaired) electrons. The molecular formula is C15H24N2O. The van der Waals surface area contributed by atoms with Crippen LogP contribution in [0.15, 0.2) is 18.2 Å². The Kier molecular flexibility index (Phi) is 3.93. The van der Waals surface area contributed by atoms with E-state index >= 15 is 0 Å². The largest absolute Gasteiger partial charge is 0.388 e. The van der Waals surface area contributed by atoms with Crippen molar-refractivity contribution in [3.05, 3.63) is 29.3 Å². The van der Waals surface area contributed by atoms with E-state index in [4.69, 9.17) is 5.73 Å². The summed E-state index contributed by atoms with van der Waals surface area (Å²) in [7, 11) is 2.05. The van der Waals surface area contributed by atoms with Crippen molar-refractivity contribution in [3.8, 4) is 0 Å². The summed E-state index contributed by atoms with van der Waals surface area (Å²) in [5.74, 6) is 0. The van der Waals surface area contributed by atoms with Gasteiger partial charge in [-0.3, -0.25) is 0 Å². The molecule has 18 heavy (non-hydrogen) atoms. The van der Waals surface area contributed by atoms with Crippen LogP contribution < -0.4 is 10.6 Å². The fourth-order valence-electron chi connectivity index (χ4n) is 3.14. The molecule has 1 aliphatic carbocycles. The molecule has 0 heterocycles. The molecule has 3 heteroatoms. The van der Waals surface area contributed by atoms with Crippen molar-refractivity contribution in [2.24, 2.45) is 5.73 Å². The highest BCUT2D eigenvalue weighted by molar-refractivity contribution is 5.59. The zero-order chi connectivity index (χ0) is 13.2. The van der Waals surface area contributed by atoms with Gasteiger partial charge in [0.15, 0.2) is 0 Å². The summed E-state index contributed by atoms with van der Waals surface area (Å²) in [5, 5.41) is 10.5. The zero-order valence-corrected chi connectivity index (χ0v) is 11.4. The monoisotopic (exact) mass is 248 g/mol. The number of hydrogen-bond acceptors (Lipinski definition) is 3. The van der Waals surface area contributed by atoms with Crippen LogP contribution in [-0.2, 0) is 6.54 Å². The van der Waals surface area contributed by atoms with Crippen LogP contribution >= 0.6 is 0 Å². The van der Waals surface area contributed by atoms with Crippen LogP contribution in [0.1, 0.15) is 36.8 Å². The molecule has 0 spiro atoms. The van der Waals surface area contributed by atoms with Crippen LogP contribution in [0.4, 0.5) is 5.69 Å². The number of aliphatic hydroxyl groups is 1. The molecule has 0 saturated heterocycles. The number of anilines is 1. The minimum atomic E-state index is -0.511. The number of hydrogen-bond donors (Lipinski definition) is 2. The predicted octanol–water partition coefficient (Wildman–Crippen LogP) is 2.20. The van der Waals surface area contributed by atoms with Gasteiger partial charge in [0, 0.05) is 25.8 Å². The highest BCUT2D eigenvalue weighted by Gasteiger charge is 2.32. The summed E-state index contributed by atoms with van der Waals surface area (Å²) in [6.45, 7) is 3.34. The van der Waals surface area contributed by atoms with Gasteiger partial charge in [-0.2, -0.15) is 0 Å². The average molecular weight is 248 g/mol. The second kappa shape index (κ2) is 5.29. The quantitative estimate of drug-likeness (QED) is 0.859. The number of para-hydroxylation sites is 1. The van der Waals surface area contributed by atoms with Gasteiger partial charge in [-0.25, -0.2) is 0 Å². The summed E-state index contributed by atoms with van der Waals surface area (Å²) in [6.07, 6.45) is 4.12. The molecule has 0 aliphatic heterocycles. The Morgan fingerprint density at radius 1 is 1.33 bits per heavy atom. The topological polar surface area (TPSA) is 49.5 Å². The molecule has 1 aromatic carbocycles. The number of likely N-dealkylation sites (N-methyl/N-ethyl adjacent to an activating group) is 1. The minimum absolute atomic E-state index is 0.511. The van der Waals surface area contributed by atoms with E-state index in [0.717, 1.165) is 31.2 Å². The van der Waals surface area contributed by atoms with E-state index in [0.29, 0.717) is 13.1 Å². The molecule has 100 valence electrons. The van der Waals surface area contributed by atoms with Crippen molar-refractivity contribution in [2.45, 2.75) is 44.8 Å². The first-order valence-electron chi connectivity index (χ1n) is 6.78. The van der Waals surface area contributed by atoms with Crippen LogP contribution in [0.3, 0.4) is 0 Å². The van der Waals surface area contributed by atoms with Gasteiger partial charge in [0.25, 0.3) is 0 Å². The second-order valence-electron chi connectivity index (χ2n) is 5.57. The van der Waals surface area contributed by atoms with E-state index in [2.05, 4.69) is 31.0 Å². The number of aryl methyl sites for hydroxylation is 1. The van der Waals surface area contributed by atoms with Crippen LogP contribution in [0.5, 0.6) is 0 Å². The maximum Gasteiger partial charge on any atom is 0.0821 e. The van der Waals surface area contributed by atoms with E-state index in [-0.39, 0.29) is 0 Å². The Morgan fingerprint density at radius 3 is 2.61 bits per heavy atom. The number of nitrogens with two attached hydrogens (primary N) is 1. The average Bonchev–Trinajstić information content (AvgIpc) is 2.75. The van der Waals surface area contributed by atoms with Gasteiger partial charge < -0.3 is 15.7 Å². The fourth-order valence-corrected chi connectivity index (χ4v) is 3.14. The first-order chi connectivity index (χ1) is 8.56. The maximum absolute atomic E-state index is 10.5. The fraction of sp³-hybridized carbons (Fsp3) is 0.600. The standard InChI is InChI=1S/C15H24N2O/c1-12-6-5-7-13(10-16)14(12)17(2)11-15(18)8-3-4-9-15/h5-7,18H,3-4,8-11,16H2,1-2H3. The molecule has 3 N–H and O–H groups in total. The third kappa shape index (κ3) is 2.68. The van der Waals surface area contributed by atoms with Gasteiger partial charge in [-0.15, -0.1) is 0 Å². The van der Waals surface area contributed by atoms with Crippen molar-refractivity contribution in [1.29, 1.82) is 0 Å². The Hall–Kier alpha value is -1.06. The van der Waals surface area contributed by atoms with Crippen molar-refractivity contribution in [3.63, 3.8) is 0 Å². The number of rotatable bonds is 4. The molecule has 3 nitrogen and oxygen atoms in total. The van der Waals surface area contributed by atoms with Crippen molar-refractivity contribution in [2.75, 3.05) is 18.5 Å². The lowest BCUT2D eigenvalue weighted by molar-refractivity contribution is 0.0559. The summed E-state index contributed by atoms with van der Waals surface area (Å²) in [4.78, 5) is 2.17. The van der Waals surface area contributed by atoms with Crippen molar-refractivity contribution < 1.29 is 5.11 Å². The molecule has 1 saturated carbocycles. The number of nitrogens with zero attached hydrogens (tertiary/aromatic N) is 1. The Labute approximate surface area is 110 Å². The van der Waals surface area contributed by atoms with Gasteiger partial charge >= 0.3 is 0 Å². The molecule has 2 rings (SSSR count). The van der Waals surface area contributed by atoms with Gasteiger partial charge in [-0.05, 0) is 30.9 Å². The van der Waals surface area contributed by atoms with Crippen LogP contribution in [0.2, 0.25) is 0 Å². The number of benzene rings is 1. The molecule has 0 amide bonds. The van der Waals surface area contributed by atoms with Crippen molar-refractivity contribution >= 4 is 5.69 Å². The van der Waals surface area contributed by atoms with Gasteiger partial charge in [0.05, 0.1) is 5.60 Å². The maximum atomic E-state index is 10.5. The Bertz CT molecular complexity index is 411. The molecule has 0 atom stereocenters. The highest BCUT2D eigenvalue weighted by Crippen LogP contribution is 2.32. The Morgan fingerprint density at radius 2 is 2.00 bits per heavy atom. The van der Waals surface area contributed by atoms with E-state index in [9.17, 15) is 5.11 Å². The lowest BCUT2D eigenvalue weighted by Gasteiger charge is -2.32. The van der Waals surface area contributed by atoms with Crippen LogP contribution in [0, 0.1) is 6.92 Å². The molecule has 1 aliphatic rings. The molecule has 0 unspecified atom stereocenters. The highest BCUT2D eigenvalue weighted by atomic mass is 16.3.